The number of fused-ring (bicyclic) bond motifs is 1. The maximum Gasteiger partial charge on any atom is 0.356 e. The number of esters is 1. The number of anilines is 1. The van der Waals surface area contributed by atoms with E-state index in [1.165, 1.54) is 29.9 Å². The molecular formula is C29H22ClN3O4S. The Morgan fingerprint density at radius 2 is 1.61 bits per heavy atom. The number of aromatic nitrogens is 2. The first kappa shape index (κ1) is 25.4. The van der Waals surface area contributed by atoms with Crippen LogP contribution in [0.25, 0.3) is 33.2 Å². The summed E-state index contributed by atoms with van der Waals surface area (Å²) >= 11 is 7.20. The number of nitrogens with one attached hydrogen (secondary N) is 1. The molecule has 1 N–H and O–H groups in total. The van der Waals surface area contributed by atoms with Crippen LogP contribution in [0.1, 0.15) is 17.4 Å². The SMILES string of the molecule is CC(OC(=O)c1c(-c2ccccc2)c2ccccc2c(=O)n1C)C(=O)Nc1nc(-c2ccc(Cl)cc2)cs1. The Bertz CT molecular complexity index is 1710. The van der Waals surface area contributed by atoms with Gasteiger partial charge in [-0.2, -0.15) is 0 Å². The van der Waals surface area contributed by atoms with Gasteiger partial charge >= 0.3 is 5.97 Å². The van der Waals surface area contributed by atoms with Crippen molar-refractivity contribution in [3.63, 3.8) is 0 Å². The van der Waals surface area contributed by atoms with E-state index in [4.69, 9.17) is 16.3 Å². The molecular weight excluding hydrogens is 522 g/mol. The van der Waals surface area contributed by atoms with Gasteiger partial charge in [-0.3, -0.25) is 14.9 Å². The summed E-state index contributed by atoms with van der Waals surface area (Å²) in [5.41, 5.74) is 2.59. The van der Waals surface area contributed by atoms with Gasteiger partial charge in [-0.25, -0.2) is 9.78 Å². The number of pyridine rings is 1. The van der Waals surface area contributed by atoms with Crippen LogP contribution in [0.4, 0.5) is 5.13 Å². The fourth-order valence-electron chi connectivity index (χ4n) is 4.16. The van der Waals surface area contributed by atoms with Gasteiger partial charge in [0.05, 0.1) is 5.69 Å². The topological polar surface area (TPSA) is 90.3 Å². The molecule has 2 heterocycles. The predicted molar refractivity (Wildman–Crippen MR) is 151 cm³/mol. The minimum Gasteiger partial charge on any atom is -0.448 e. The van der Waals surface area contributed by atoms with Gasteiger partial charge in [0.25, 0.3) is 11.5 Å². The summed E-state index contributed by atoms with van der Waals surface area (Å²) in [4.78, 5) is 43.9. The lowest BCUT2D eigenvalue weighted by Gasteiger charge is -2.18. The number of halogens is 1. The Hall–Kier alpha value is -4.27. The van der Waals surface area contributed by atoms with E-state index < -0.39 is 18.0 Å². The number of benzene rings is 3. The molecule has 190 valence electrons. The van der Waals surface area contributed by atoms with E-state index in [9.17, 15) is 14.4 Å². The van der Waals surface area contributed by atoms with Crippen molar-refractivity contribution >= 4 is 50.7 Å². The highest BCUT2D eigenvalue weighted by atomic mass is 35.5. The Kier molecular flexibility index (Phi) is 7.09. The fraction of sp³-hybridized carbons (Fsp3) is 0.103. The van der Waals surface area contributed by atoms with Crippen molar-refractivity contribution in [2.75, 3.05) is 5.32 Å². The van der Waals surface area contributed by atoms with E-state index >= 15 is 0 Å². The van der Waals surface area contributed by atoms with Gasteiger partial charge in [0.15, 0.2) is 11.2 Å². The lowest BCUT2D eigenvalue weighted by molar-refractivity contribution is -0.123. The summed E-state index contributed by atoms with van der Waals surface area (Å²) in [5.74, 6) is -1.32. The molecule has 9 heteroatoms. The molecule has 0 fully saturated rings. The van der Waals surface area contributed by atoms with Crippen LogP contribution in [-0.4, -0.2) is 27.5 Å². The summed E-state index contributed by atoms with van der Waals surface area (Å²) in [7, 11) is 1.52. The van der Waals surface area contributed by atoms with Crippen LogP contribution in [0, 0.1) is 0 Å². The molecule has 0 aliphatic heterocycles. The smallest absolute Gasteiger partial charge is 0.356 e. The lowest BCUT2D eigenvalue weighted by Crippen LogP contribution is -2.32. The van der Waals surface area contributed by atoms with Gasteiger partial charge in [-0.05, 0) is 36.1 Å². The van der Waals surface area contributed by atoms with Crippen LogP contribution < -0.4 is 10.9 Å². The van der Waals surface area contributed by atoms with E-state index in [1.54, 1.807) is 30.3 Å². The molecule has 0 bridgehead atoms. The fourth-order valence-corrected chi connectivity index (χ4v) is 5.01. The van der Waals surface area contributed by atoms with Crippen LogP contribution in [-0.2, 0) is 16.6 Å². The highest BCUT2D eigenvalue weighted by Crippen LogP contribution is 2.31. The van der Waals surface area contributed by atoms with Gasteiger partial charge in [-0.1, -0.05) is 72.3 Å². The molecule has 0 saturated heterocycles. The first-order valence-corrected chi connectivity index (χ1v) is 13.0. The number of nitrogens with zero attached hydrogens (tertiary/aromatic N) is 2. The van der Waals surface area contributed by atoms with Gasteiger partial charge in [0.1, 0.15) is 5.69 Å². The van der Waals surface area contributed by atoms with E-state index in [0.717, 1.165) is 11.1 Å². The summed E-state index contributed by atoms with van der Waals surface area (Å²) < 4.78 is 6.85. The lowest BCUT2D eigenvalue weighted by atomic mass is 9.97. The van der Waals surface area contributed by atoms with Gasteiger partial charge in [0.2, 0.25) is 0 Å². The third-order valence-electron chi connectivity index (χ3n) is 6.09. The first-order chi connectivity index (χ1) is 18.3. The second-order valence-corrected chi connectivity index (χ2v) is 9.88. The minimum atomic E-state index is -1.14. The standard InChI is InChI=1S/C29H22ClN3O4S/c1-17(26(34)32-29-31-23(16-38-29)18-12-14-20(30)15-13-18)37-28(36)25-24(19-8-4-3-5-9-19)21-10-6-7-11-22(21)27(35)33(25)2/h3-17H,1-2H3,(H,31,32,34). The van der Waals surface area contributed by atoms with Gasteiger partial charge < -0.3 is 9.30 Å². The Morgan fingerprint density at radius 1 is 0.947 bits per heavy atom. The highest BCUT2D eigenvalue weighted by Gasteiger charge is 2.26. The molecule has 1 atom stereocenters. The van der Waals surface area contributed by atoms with Crippen LogP contribution in [0.2, 0.25) is 5.02 Å². The van der Waals surface area contributed by atoms with E-state index in [0.29, 0.717) is 32.2 Å². The van der Waals surface area contributed by atoms with Gasteiger partial charge in [0, 0.05) is 34.0 Å². The Morgan fingerprint density at radius 3 is 2.32 bits per heavy atom. The van der Waals surface area contributed by atoms with Crippen molar-refractivity contribution in [2.45, 2.75) is 13.0 Å². The molecule has 1 unspecified atom stereocenters. The molecule has 0 aliphatic rings. The molecule has 0 saturated carbocycles. The third kappa shape index (κ3) is 4.96. The zero-order chi connectivity index (χ0) is 26.8. The second-order valence-electron chi connectivity index (χ2n) is 8.58. The van der Waals surface area contributed by atoms with Crippen molar-refractivity contribution in [2.24, 2.45) is 7.05 Å². The Balaban J connectivity index is 1.41. The normalized spacial score (nSPS) is 11.8. The molecule has 5 aromatic rings. The van der Waals surface area contributed by atoms with E-state index in [1.807, 2.05) is 53.9 Å². The summed E-state index contributed by atoms with van der Waals surface area (Å²) in [6.07, 6.45) is -1.14. The number of hydrogen-bond donors (Lipinski definition) is 1. The number of carbonyl (C=O) groups is 2. The average molecular weight is 544 g/mol. The number of ether oxygens (including phenoxy) is 1. The molecule has 38 heavy (non-hydrogen) atoms. The second kappa shape index (κ2) is 10.6. The summed E-state index contributed by atoms with van der Waals surface area (Å²) in [6, 6.07) is 23.6. The zero-order valence-electron chi connectivity index (χ0n) is 20.5. The number of rotatable bonds is 6. The largest absolute Gasteiger partial charge is 0.448 e. The van der Waals surface area contributed by atoms with Crippen LogP contribution in [0.15, 0.2) is 89.0 Å². The molecule has 7 nitrogen and oxygen atoms in total. The Labute approximate surface area is 227 Å². The molecule has 0 aliphatic carbocycles. The number of hydrogen-bond acceptors (Lipinski definition) is 6. The number of thiazole rings is 1. The minimum absolute atomic E-state index is 0.0684. The van der Waals surface area contributed by atoms with Crippen molar-refractivity contribution in [1.29, 1.82) is 0 Å². The molecule has 0 spiro atoms. The van der Waals surface area contributed by atoms with Crippen LogP contribution >= 0.6 is 22.9 Å². The van der Waals surface area contributed by atoms with Crippen LogP contribution in [0.5, 0.6) is 0 Å². The number of amides is 1. The van der Waals surface area contributed by atoms with Crippen molar-refractivity contribution in [1.82, 2.24) is 9.55 Å². The van der Waals surface area contributed by atoms with E-state index in [2.05, 4.69) is 10.3 Å². The molecule has 1 amide bonds. The molecule has 2 aromatic heterocycles. The molecule has 5 rings (SSSR count). The predicted octanol–water partition coefficient (Wildman–Crippen LogP) is 6.17. The van der Waals surface area contributed by atoms with Crippen molar-refractivity contribution in [3.05, 3.63) is 105 Å². The van der Waals surface area contributed by atoms with E-state index in [-0.39, 0.29) is 11.3 Å². The zero-order valence-corrected chi connectivity index (χ0v) is 22.0. The molecule has 3 aromatic carbocycles. The maximum atomic E-state index is 13.5. The molecule has 0 radical (unpaired) electrons. The third-order valence-corrected chi connectivity index (χ3v) is 7.10. The average Bonchev–Trinajstić information content (AvgIpc) is 3.39. The van der Waals surface area contributed by atoms with Crippen molar-refractivity contribution < 1.29 is 14.3 Å². The van der Waals surface area contributed by atoms with Crippen LogP contribution in [0.3, 0.4) is 0 Å². The highest BCUT2D eigenvalue weighted by molar-refractivity contribution is 7.14. The first-order valence-electron chi connectivity index (χ1n) is 11.7. The summed E-state index contributed by atoms with van der Waals surface area (Å²) in [5, 5.41) is 6.61. The quantitative estimate of drug-likeness (QED) is 0.259. The maximum absolute atomic E-state index is 13.5. The van der Waals surface area contributed by atoms with Crippen molar-refractivity contribution in [3.8, 4) is 22.4 Å². The summed E-state index contributed by atoms with van der Waals surface area (Å²) in [6.45, 7) is 1.47. The monoisotopic (exact) mass is 543 g/mol. The number of carbonyl (C=O) groups excluding carboxylic acids is 2. The van der Waals surface area contributed by atoms with Gasteiger partial charge in [-0.15, -0.1) is 11.3 Å².